The van der Waals surface area contributed by atoms with Crippen molar-refractivity contribution in [3.63, 3.8) is 0 Å². The Bertz CT molecular complexity index is 1150. The number of ketones is 2. The van der Waals surface area contributed by atoms with Crippen LogP contribution in [0.2, 0.25) is 0 Å². The highest BCUT2D eigenvalue weighted by atomic mass is 16.5. The highest BCUT2D eigenvalue weighted by Gasteiger charge is 2.69. The Kier molecular flexibility index (Phi) is 6.61. The maximum absolute atomic E-state index is 14.4. The number of fused-ring (bicyclic) bond motifs is 7. The zero-order chi connectivity index (χ0) is 28.8. The molecule has 0 radical (unpaired) electrons. The molecule has 0 aromatic heterocycles. The molecule has 2 N–H and O–H groups in total. The molecule has 0 bridgehead atoms. The fourth-order valence-corrected chi connectivity index (χ4v) is 11.1. The average molecular weight is 541 g/mol. The molecule has 0 aromatic rings. The Morgan fingerprint density at radius 2 is 1.74 bits per heavy atom. The molecule has 5 rings (SSSR count). The van der Waals surface area contributed by atoms with Gasteiger partial charge in [-0.25, -0.2) is 0 Å². The monoisotopic (exact) mass is 540 g/mol. The van der Waals surface area contributed by atoms with Crippen LogP contribution in [0.3, 0.4) is 0 Å². The summed E-state index contributed by atoms with van der Waals surface area (Å²) in [6.45, 7) is 13.1. The van der Waals surface area contributed by atoms with Crippen molar-refractivity contribution in [1.82, 2.24) is 0 Å². The predicted molar refractivity (Wildman–Crippen MR) is 149 cm³/mol. The minimum atomic E-state index is -0.794. The molecule has 5 aliphatic rings. The second-order valence-corrected chi connectivity index (χ2v) is 15.3. The molecule has 0 amide bonds. The summed E-state index contributed by atoms with van der Waals surface area (Å²) in [5.74, 6) is -0.111. The predicted octanol–water partition coefficient (Wildman–Crippen LogP) is 5.98. The minimum Gasteiger partial charge on any atom is -0.515 e. The first-order valence-electron chi connectivity index (χ1n) is 15.0. The maximum Gasteiger partial charge on any atom is 0.308 e. The summed E-state index contributed by atoms with van der Waals surface area (Å²) < 4.78 is 5.26. The van der Waals surface area contributed by atoms with E-state index in [9.17, 15) is 24.6 Å². The normalized spacial score (nSPS) is 47.8. The number of carbonyl (C=O) groups is 3. The highest BCUT2D eigenvalue weighted by Crippen LogP contribution is 2.74. The molecule has 5 aliphatic carbocycles. The number of aliphatic hydroxyl groups excluding tert-OH is 2. The third kappa shape index (κ3) is 3.72. The van der Waals surface area contributed by atoms with Crippen LogP contribution < -0.4 is 0 Å². The van der Waals surface area contributed by atoms with Gasteiger partial charge in [0.05, 0.1) is 19.3 Å². The lowest BCUT2D eigenvalue weighted by Gasteiger charge is -2.68. The van der Waals surface area contributed by atoms with E-state index in [1.807, 2.05) is 13.0 Å². The van der Waals surface area contributed by atoms with E-state index in [4.69, 9.17) is 4.74 Å². The van der Waals surface area contributed by atoms with E-state index in [-0.39, 0.29) is 70.0 Å². The van der Waals surface area contributed by atoms with Gasteiger partial charge in [-0.2, -0.15) is 0 Å². The summed E-state index contributed by atoms with van der Waals surface area (Å²) in [7, 11) is 1.47. The quantitative estimate of drug-likeness (QED) is 0.259. The van der Waals surface area contributed by atoms with Crippen molar-refractivity contribution in [3.8, 4) is 0 Å². The Morgan fingerprint density at radius 3 is 2.36 bits per heavy atom. The summed E-state index contributed by atoms with van der Waals surface area (Å²) in [6, 6.07) is 0. The molecule has 0 aromatic carbocycles. The second-order valence-electron chi connectivity index (χ2n) is 15.3. The number of methoxy groups -OCH3 is 1. The van der Waals surface area contributed by atoms with Crippen molar-refractivity contribution in [2.45, 2.75) is 92.9 Å². The number of hydrogen-bond acceptors (Lipinski definition) is 6. The Labute approximate surface area is 233 Å². The number of Topliss-reactive ketones (excluding diaryl/α,β-unsaturated/α-hetero) is 1. The van der Waals surface area contributed by atoms with Crippen molar-refractivity contribution < 1.29 is 29.3 Å². The number of allylic oxidation sites excluding steroid dienone is 3. The average Bonchev–Trinajstić information content (AvgIpc) is 2.86. The SMILES string of the molecule is COC(=O)[C@@H]1CC(C)(C)C[C@@H]2C1CC[C@]1(C)[C@@H]2C(=O)C=C2[C@@]3(C)C/C(=C/O)C(=O)[C@@](C)(CCO)[C@@H]3CC[C@]21C. The molecule has 6 nitrogen and oxygen atoms in total. The van der Waals surface area contributed by atoms with Gasteiger partial charge in [0.1, 0.15) is 0 Å². The van der Waals surface area contributed by atoms with Gasteiger partial charge in [0.25, 0.3) is 0 Å². The fraction of sp³-hybridized carbons (Fsp3) is 0.788. The van der Waals surface area contributed by atoms with Gasteiger partial charge >= 0.3 is 5.97 Å². The van der Waals surface area contributed by atoms with Crippen LogP contribution in [0, 0.1) is 56.7 Å². The summed E-state index contributed by atoms with van der Waals surface area (Å²) >= 11 is 0. The lowest BCUT2D eigenvalue weighted by atomic mass is 9.34. The summed E-state index contributed by atoms with van der Waals surface area (Å²) in [6.07, 6.45) is 8.88. The van der Waals surface area contributed by atoms with Crippen LogP contribution in [-0.4, -0.2) is 41.5 Å². The van der Waals surface area contributed by atoms with Gasteiger partial charge in [-0.1, -0.05) is 47.1 Å². The number of hydrogen-bond donors (Lipinski definition) is 2. The van der Waals surface area contributed by atoms with E-state index < -0.39 is 10.8 Å². The molecule has 9 atom stereocenters. The molecular formula is C33H48O6. The third-order valence-electron chi connectivity index (χ3n) is 12.9. The second kappa shape index (κ2) is 9.03. The topological polar surface area (TPSA) is 101 Å². The van der Waals surface area contributed by atoms with Crippen LogP contribution in [0.15, 0.2) is 23.5 Å². The van der Waals surface area contributed by atoms with Crippen LogP contribution in [-0.2, 0) is 19.1 Å². The van der Waals surface area contributed by atoms with Crippen LogP contribution >= 0.6 is 0 Å². The maximum atomic E-state index is 14.4. The zero-order valence-corrected chi connectivity index (χ0v) is 24.9. The van der Waals surface area contributed by atoms with E-state index in [0.717, 1.165) is 50.4 Å². The highest BCUT2D eigenvalue weighted by molar-refractivity contribution is 6.01. The van der Waals surface area contributed by atoms with E-state index in [1.165, 1.54) is 7.11 Å². The van der Waals surface area contributed by atoms with Crippen LogP contribution in [0.25, 0.3) is 0 Å². The fourth-order valence-electron chi connectivity index (χ4n) is 11.1. The van der Waals surface area contributed by atoms with Crippen molar-refractivity contribution >= 4 is 17.5 Å². The van der Waals surface area contributed by atoms with E-state index in [0.29, 0.717) is 18.4 Å². The van der Waals surface area contributed by atoms with Crippen molar-refractivity contribution in [1.29, 1.82) is 0 Å². The lowest BCUT2D eigenvalue weighted by molar-refractivity contribution is -0.174. The zero-order valence-electron chi connectivity index (χ0n) is 24.9. The molecule has 6 heteroatoms. The van der Waals surface area contributed by atoms with Gasteiger partial charge in [-0.15, -0.1) is 0 Å². The van der Waals surface area contributed by atoms with Crippen LogP contribution in [0.5, 0.6) is 0 Å². The minimum absolute atomic E-state index is 0.0192. The van der Waals surface area contributed by atoms with Crippen molar-refractivity contribution in [2.75, 3.05) is 13.7 Å². The van der Waals surface area contributed by atoms with Crippen LogP contribution in [0.1, 0.15) is 92.9 Å². The molecule has 39 heavy (non-hydrogen) atoms. The number of carbonyl (C=O) groups excluding carboxylic acids is 3. The van der Waals surface area contributed by atoms with Gasteiger partial charge in [0.15, 0.2) is 11.6 Å². The molecule has 0 saturated heterocycles. The summed E-state index contributed by atoms with van der Waals surface area (Å²) in [5.41, 5.74) is -0.305. The number of ether oxygens (including phenoxy) is 1. The molecule has 0 spiro atoms. The largest absolute Gasteiger partial charge is 0.515 e. The number of aliphatic hydroxyl groups is 2. The van der Waals surface area contributed by atoms with E-state index in [2.05, 4.69) is 34.6 Å². The standard InChI is InChI=1S/C33H48O6/c1-29(2)16-21-20(22(17-29)28(38)39-7)8-10-33(6)26(21)23(36)14-25-31(4)15-19(18-35)27(37)30(3,12-13-34)24(31)9-11-32(25,33)5/h14,18,20-22,24,26,34-35H,8-13,15-17H2,1-7H3/b19-18-/t20?,21-,22-,24+,26+,30+,31+,32-,33-/m1/s1. The molecular weight excluding hydrogens is 492 g/mol. The van der Waals surface area contributed by atoms with Crippen LogP contribution in [0.4, 0.5) is 0 Å². The van der Waals surface area contributed by atoms with E-state index in [1.54, 1.807) is 0 Å². The Hall–Kier alpha value is -1.95. The summed E-state index contributed by atoms with van der Waals surface area (Å²) in [5, 5.41) is 20.1. The molecule has 0 heterocycles. The molecule has 4 fully saturated rings. The van der Waals surface area contributed by atoms with Crippen molar-refractivity contribution in [3.05, 3.63) is 23.5 Å². The van der Waals surface area contributed by atoms with Gasteiger partial charge in [0, 0.05) is 23.5 Å². The first-order chi connectivity index (χ1) is 18.1. The van der Waals surface area contributed by atoms with Crippen molar-refractivity contribution in [2.24, 2.45) is 56.7 Å². The molecule has 4 saturated carbocycles. The number of esters is 1. The Balaban J connectivity index is 1.63. The Morgan fingerprint density at radius 1 is 1.05 bits per heavy atom. The smallest absolute Gasteiger partial charge is 0.308 e. The van der Waals surface area contributed by atoms with Gasteiger partial charge in [-0.05, 0) is 96.9 Å². The first-order valence-corrected chi connectivity index (χ1v) is 15.0. The molecule has 216 valence electrons. The van der Waals surface area contributed by atoms with Gasteiger partial charge < -0.3 is 14.9 Å². The van der Waals surface area contributed by atoms with Gasteiger partial charge in [-0.3, -0.25) is 14.4 Å². The number of rotatable bonds is 3. The van der Waals surface area contributed by atoms with Gasteiger partial charge in [0.2, 0.25) is 0 Å². The molecule has 0 aliphatic heterocycles. The van der Waals surface area contributed by atoms with E-state index >= 15 is 0 Å². The lowest BCUT2D eigenvalue weighted by Crippen LogP contribution is -2.64. The third-order valence-corrected chi connectivity index (χ3v) is 12.9. The molecule has 1 unspecified atom stereocenters. The first kappa shape index (κ1) is 28.6. The summed E-state index contributed by atoms with van der Waals surface area (Å²) in [4.78, 5) is 40.9.